The van der Waals surface area contributed by atoms with E-state index in [2.05, 4.69) is 10.5 Å². The van der Waals surface area contributed by atoms with Crippen molar-refractivity contribution in [3.8, 4) is 0 Å². The normalized spacial score (nSPS) is 16.2. The molecular formula is C22H25ClFN3O2. The fraction of sp³-hybridized carbons (Fsp3) is 0.364. The van der Waals surface area contributed by atoms with Gasteiger partial charge in [-0.3, -0.25) is 0 Å². The Bertz CT molecular complexity index is 894. The van der Waals surface area contributed by atoms with Gasteiger partial charge in [0.05, 0.1) is 12.3 Å². The van der Waals surface area contributed by atoms with Crippen LogP contribution in [-0.4, -0.2) is 34.8 Å². The predicted octanol–water partition coefficient (Wildman–Crippen LogP) is 4.98. The standard InChI is InChI=1S/C22H25ClFN3O2/c1-22(2,3)25-21(28)27(13-16-6-4-5-7-19(16)23)14-18-12-20(26-29-18)15-8-10-17(24)11-9-15/h4-11,18H,12-14H2,1-3H3,(H,25,28). The Labute approximate surface area is 175 Å². The highest BCUT2D eigenvalue weighted by Crippen LogP contribution is 2.21. The van der Waals surface area contributed by atoms with Gasteiger partial charge < -0.3 is 15.1 Å². The number of halogens is 2. The summed E-state index contributed by atoms with van der Waals surface area (Å²) in [6.07, 6.45) is 0.247. The number of hydrogen-bond acceptors (Lipinski definition) is 3. The summed E-state index contributed by atoms with van der Waals surface area (Å²) in [6.45, 7) is 6.50. The number of carbonyl (C=O) groups excluding carboxylic acids is 1. The molecule has 0 aliphatic carbocycles. The molecule has 0 saturated heterocycles. The third-order valence-electron chi connectivity index (χ3n) is 4.42. The second-order valence-electron chi connectivity index (χ2n) is 8.13. The maximum Gasteiger partial charge on any atom is 0.318 e. The van der Waals surface area contributed by atoms with E-state index in [1.54, 1.807) is 23.1 Å². The van der Waals surface area contributed by atoms with Gasteiger partial charge in [-0.1, -0.05) is 47.1 Å². The number of nitrogens with one attached hydrogen (secondary N) is 1. The molecule has 1 heterocycles. The fourth-order valence-corrected chi connectivity index (χ4v) is 3.23. The van der Waals surface area contributed by atoms with Crippen molar-refractivity contribution < 1.29 is 14.0 Å². The molecule has 154 valence electrons. The van der Waals surface area contributed by atoms with E-state index in [-0.39, 0.29) is 23.5 Å². The lowest BCUT2D eigenvalue weighted by molar-refractivity contribution is 0.0580. The number of carbonyl (C=O) groups is 1. The number of urea groups is 1. The van der Waals surface area contributed by atoms with Crippen LogP contribution in [0.15, 0.2) is 53.7 Å². The van der Waals surface area contributed by atoms with Gasteiger partial charge in [-0.2, -0.15) is 0 Å². The summed E-state index contributed by atoms with van der Waals surface area (Å²) >= 11 is 6.30. The van der Waals surface area contributed by atoms with Crippen molar-refractivity contribution in [2.75, 3.05) is 6.54 Å². The number of oxime groups is 1. The molecule has 0 aromatic heterocycles. The zero-order valence-electron chi connectivity index (χ0n) is 16.8. The number of benzene rings is 2. The first kappa shape index (κ1) is 21.1. The van der Waals surface area contributed by atoms with Crippen LogP contribution in [0.2, 0.25) is 5.02 Å². The van der Waals surface area contributed by atoms with Gasteiger partial charge in [0.15, 0.2) is 6.10 Å². The van der Waals surface area contributed by atoms with Crippen LogP contribution >= 0.6 is 11.6 Å². The van der Waals surface area contributed by atoms with Crippen LogP contribution in [-0.2, 0) is 11.4 Å². The van der Waals surface area contributed by atoms with Crippen LogP contribution in [0.3, 0.4) is 0 Å². The molecule has 0 spiro atoms. The predicted molar refractivity (Wildman–Crippen MR) is 113 cm³/mol. The maximum atomic E-state index is 13.2. The zero-order valence-corrected chi connectivity index (χ0v) is 17.5. The average molecular weight is 418 g/mol. The maximum absolute atomic E-state index is 13.2. The van der Waals surface area contributed by atoms with Crippen molar-refractivity contribution in [3.05, 3.63) is 70.5 Å². The van der Waals surface area contributed by atoms with Crippen molar-refractivity contribution >= 4 is 23.3 Å². The molecule has 2 aromatic rings. The first-order valence-electron chi connectivity index (χ1n) is 9.50. The van der Waals surface area contributed by atoms with E-state index < -0.39 is 0 Å². The molecule has 2 aromatic carbocycles. The van der Waals surface area contributed by atoms with Crippen molar-refractivity contribution in [1.29, 1.82) is 0 Å². The van der Waals surface area contributed by atoms with E-state index in [0.717, 1.165) is 16.8 Å². The minimum absolute atomic E-state index is 0.198. The molecule has 1 N–H and O–H groups in total. The van der Waals surface area contributed by atoms with Crippen molar-refractivity contribution in [1.82, 2.24) is 10.2 Å². The molecule has 2 amide bonds. The zero-order chi connectivity index (χ0) is 21.0. The molecule has 5 nitrogen and oxygen atoms in total. The molecule has 0 fully saturated rings. The molecule has 29 heavy (non-hydrogen) atoms. The van der Waals surface area contributed by atoms with Crippen molar-refractivity contribution in [3.63, 3.8) is 0 Å². The van der Waals surface area contributed by atoms with Crippen LogP contribution in [0.4, 0.5) is 9.18 Å². The molecule has 3 rings (SSSR count). The van der Waals surface area contributed by atoms with E-state index in [9.17, 15) is 9.18 Å². The van der Waals surface area contributed by atoms with E-state index in [1.807, 2.05) is 39.0 Å². The first-order valence-corrected chi connectivity index (χ1v) is 9.88. The summed E-state index contributed by atoms with van der Waals surface area (Å²) in [6, 6.07) is 13.4. The fourth-order valence-electron chi connectivity index (χ4n) is 3.04. The van der Waals surface area contributed by atoms with Crippen LogP contribution < -0.4 is 5.32 Å². The van der Waals surface area contributed by atoms with E-state index >= 15 is 0 Å². The lowest BCUT2D eigenvalue weighted by Gasteiger charge is -2.30. The van der Waals surface area contributed by atoms with Gasteiger partial charge in [-0.05, 0) is 50.1 Å². The van der Waals surface area contributed by atoms with E-state index in [1.165, 1.54) is 12.1 Å². The number of amides is 2. The molecule has 0 radical (unpaired) electrons. The second kappa shape index (κ2) is 8.82. The van der Waals surface area contributed by atoms with Crippen LogP contribution in [0, 0.1) is 5.82 Å². The minimum Gasteiger partial charge on any atom is -0.390 e. The van der Waals surface area contributed by atoms with E-state index in [4.69, 9.17) is 16.4 Å². The summed E-state index contributed by atoms with van der Waals surface area (Å²) in [7, 11) is 0. The number of hydrogen-bond donors (Lipinski definition) is 1. The summed E-state index contributed by atoms with van der Waals surface area (Å²) in [4.78, 5) is 20.1. The van der Waals surface area contributed by atoms with Gasteiger partial charge in [0.25, 0.3) is 0 Å². The number of rotatable bonds is 5. The van der Waals surface area contributed by atoms with Gasteiger partial charge in [0.1, 0.15) is 5.82 Å². The molecule has 1 atom stereocenters. The summed E-state index contributed by atoms with van der Waals surface area (Å²) < 4.78 is 13.2. The van der Waals surface area contributed by atoms with Gasteiger partial charge in [-0.25, -0.2) is 9.18 Å². The first-order chi connectivity index (χ1) is 13.7. The second-order valence-corrected chi connectivity index (χ2v) is 8.54. The Kier molecular flexibility index (Phi) is 6.42. The van der Waals surface area contributed by atoms with Crippen LogP contribution in [0.5, 0.6) is 0 Å². The van der Waals surface area contributed by atoms with Gasteiger partial charge in [0.2, 0.25) is 0 Å². The molecule has 1 aliphatic rings. The third-order valence-corrected chi connectivity index (χ3v) is 4.79. The molecule has 0 saturated carbocycles. The highest BCUT2D eigenvalue weighted by atomic mass is 35.5. The molecule has 0 bridgehead atoms. The Morgan fingerprint density at radius 1 is 1.24 bits per heavy atom. The quantitative estimate of drug-likeness (QED) is 0.745. The van der Waals surface area contributed by atoms with Gasteiger partial charge in [0, 0.05) is 23.5 Å². The van der Waals surface area contributed by atoms with Crippen LogP contribution in [0.1, 0.15) is 38.3 Å². The Balaban J connectivity index is 1.71. The topological polar surface area (TPSA) is 53.9 Å². The van der Waals surface area contributed by atoms with Gasteiger partial charge in [-0.15, -0.1) is 0 Å². The SMILES string of the molecule is CC(C)(C)NC(=O)N(Cc1ccccc1Cl)CC1CC(c2ccc(F)cc2)=NO1. The highest BCUT2D eigenvalue weighted by Gasteiger charge is 2.28. The smallest absolute Gasteiger partial charge is 0.318 e. The highest BCUT2D eigenvalue weighted by molar-refractivity contribution is 6.31. The van der Waals surface area contributed by atoms with Crippen molar-refractivity contribution in [2.45, 2.75) is 45.4 Å². The lowest BCUT2D eigenvalue weighted by atomic mass is 10.0. The molecule has 1 unspecified atom stereocenters. The summed E-state index contributed by atoms with van der Waals surface area (Å²) in [5, 5.41) is 7.74. The Morgan fingerprint density at radius 3 is 2.59 bits per heavy atom. The molecule has 7 heteroatoms. The third kappa shape index (κ3) is 5.94. The Morgan fingerprint density at radius 2 is 1.93 bits per heavy atom. The lowest BCUT2D eigenvalue weighted by Crippen LogP contribution is -2.50. The van der Waals surface area contributed by atoms with Crippen LogP contribution in [0.25, 0.3) is 0 Å². The molecular weight excluding hydrogens is 393 g/mol. The average Bonchev–Trinajstić information content (AvgIpc) is 3.10. The largest absolute Gasteiger partial charge is 0.390 e. The van der Waals surface area contributed by atoms with Gasteiger partial charge >= 0.3 is 6.03 Å². The monoisotopic (exact) mass is 417 g/mol. The van der Waals surface area contributed by atoms with Crippen molar-refractivity contribution in [2.24, 2.45) is 5.16 Å². The molecule has 1 aliphatic heterocycles. The Hall–Kier alpha value is -2.60. The number of nitrogens with zero attached hydrogens (tertiary/aromatic N) is 2. The summed E-state index contributed by atoms with van der Waals surface area (Å²) in [5.74, 6) is -0.297. The minimum atomic E-state index is -0.373. The summed E-state index contributed by atoms with van der Waals surface area (Å²) in [5.41, 5.74) is 2.03. The van der Waals surface area contributed by atoms with E-state index in [0.29, 0.717) is 24.5 Å².